The second-order valence-electron chi connectivity index (χ2n) is 4.65. The first-order chi connectivity index (χ1) is 9.53. The van der Waals surface area contributed by atoms with Crippen LogP contribution in [0.3, 0.4) is 0 Å². The predicted molar refractivity (Wildman–Crippen MR) is 75.4 cm³/mol. The molecule has 0 fully saturated rings. The molecule has 2 aromatic rings. The van der Waals surface area contributed by atoms with Crippen LogP contribution in [0.4, 0.5) is 5.82 Å². The number of aryl methyl sites for hydroxylation is 4. The summed E-state index contributed by atoms with van der Waals surface area (Å²) in [5, 5.41) is 11.4. The fourth-order valence-electron chi connectivity index (χ4n) is 2.01. The van der Waals surface area contributed by atoms with Crippen LogP contribution in [-0.4, -0.2) is 30.5 Å². The summed E-state index contributed by atoms with van der Waals surface area (Å²) in [6, 6.07) is 1.83. The number of amides is 1. The molecule has 0 aromatic carbocycles. The highest BCUT2D eigenvalue weighted by Crippen LogP contribution is 2.08. The largest absolute Gasteiger partial charge is 0.309 e. The monoisotopic (exact) mass is 276 g/mol. The number of carbonyl (C=O) groups excluding carboxylic acids is 1. The van der Waals surface area contributed by atoms with Crippen molar-refractivity contribution < 1.29 is 4.79 Å². The summed E-state index contributed by atoms with van der Waals surface area (Å²) < 4.78 is 3.31. The SMILES string of the molecule is CCc1nc(CC)n(CC(=O)Nc2cc(C)nn2C)n1. The van der Waals surface area contributed by atoms with Gasteiger partial charge >= 0.3 is 0 Å². The van der Waals surface area contributed by atoms with Crippen molar-refractivity contribution in [3.05, 3.63) is 23.4 Å². The molecule has 0 aliphatic rings. The van der Waals surface area contributed by atoms with Gasteiger partial charge in [0.15, 0.2) is 5.82 Å². The molecule has 20 heavy (non-hydrogen) atoms. The number of aromatic nitrogens is 5. The van der Waals surface area contributed by atoms with Gasteiger partial charge in [-0.2, -0.15) is 10.2 Å². The minimum Gasteiger partial charge on any atom is -0.309 e. The lowest BCUT2D eigenvalue weighted by molar-refractivity contribution is -0.117. The fraction of sp³-hybridized carbons (Fsp3) is 0.538. The minimum absolute atomic E-state index is 0.129. The van der Waals surface area contributed by atoms with E-state index in [1.807, 2.05) is 26.8 Å². The van der Waals surface area contributed by atoms with Crippen LogP contribution in [0, 0.1) is 6.92 Å². The van der Waals surface area contributed by atoms with Gasteiger partial charge in [-0.05, 0) is 6.92 Å². The maximum Gasteiger partial charge on any atom is 0.247 e. The number of hydrogen-bond acceptors (Lipinski definition) is 4. The van der Waals surface area contributed by atoms with Crippen molar-refractivity contribution in [2.75, 3.05) is 5.32 Å². The van der Waals surface area contributed by atoms with E-state index in [1.165, 1.54) is 0 Å². The molecule has 2 heterocycles. The number of nitrogens with zero attached hydrogens (tertiary/aromatic N) is 5. The number of hydrogen-bond donors (Lipinski definition) is 1. The first-order valence-corrected chi connectivity index (χ1v) is 6.76. The molecule has 1 N–H and O–H groups in total. The van der Waals surface area contributed by atoms with Crippen LogP contribution < -0.4 is 5.32 Å². The molecule has 0 aliphatic carbocycles. The summed E-state index contributed by atoms with van der Waals surface area (Å²) in [6.07, 6.45) is 1.52. The van der Waals surface area contributed by atoms with Gasteiger partial charge in [0, 0.05) is 26.0 Å². The molecular weight excluding hydrogens is 256 g/mol. The maximum absolute atomic E-state index is 12.1. The van der Waals surface area contributed by atoms with Gasteiger partial charge in [-0.1, -0.05) is 13.8 Å². The molecule has 0 bridgehead atoms. The molecule has 7 nitrogen and oxygen atoms in total. The molecule has 0 saturated heterocycles. The van der Waals surface area contributed by atoms with Crippen molar-refractivity contribution in [3.8, 4) is 0 Å². The van der Waals surface area contributed by atoms with Gasteiger partial charge in [0.1, 0.15) is 18.2 Å². The Morgan fingerprint density at radius 1 is 1.30 bits per heavy atom. The Morgan fingerprint density at radius 2 is 2.05 bits per heavy atom. The lowest BCUT2D eigenvalue weighted by Gasteiger charge is -2.06. The molecule has 0 saturated carbocycles. The summed E-state index contributed by atoms with van der Waals surface area (Å²) in [6.45, 7) is 6.05. The highest BCUT2D eigenvalue weighted by atomic mass is 16.2. The van der Waals surface area contributed by atoms with E-state index in [9.17, 15) is 4.79 Å². The van der Waals surface area contributed by atoms with E-state index in [1.54, 1.807) is 16.4 Å². The first-order valence-electron chi connectivity index (χ1n) is 6.76. The molecule has 0 aliphatic heterocycles. The van der Waals surface area contributed by atoms with Crippen molar-refractivity contribution in [3.63, 3.8) is 0 Å². The highest BCUT2D eigenvalue weighted by Gasteiger charge is 2.12. The van der Waals surface area contributed by atoms with Crippen molar-refractivity contribution in [1.29, 1.82) is 0 Å². The summed E-state index contributed by atoms with van der Waals surface area (Å²) in [5.41, 5.74) is 0.867. The van der Waals surface area contributed by atoms with E-state index in [4.69, 9.17) is 0 Å². The standard InChI is InChI=1S/C13H20N6O/c1-5-10-14-11(6-2)19(17-10)8-13(20)15-12-7-9(3)16-18(12)4/h7H,5-6,8H2,1-4H3,(H,15,20). The smallest absolute Gasteiger partial charge is 0.247 e. The molecule has 2 rings (SSSR count). The maximum atomic E-state index is 12.1. The Balaban J connectivity index is 2.08. The van der Waals surface area contributed by atoms with Gasteiger partial charge in [0.2, 0.25) is 5.91 Å². The van der Waals surface area contributed by atoms with Crippen LogP contribution in [0.2, 0.25) is 0 Å². The van der Waals surface area contributed by atoms with Gasteiger partial charge in [0.05, 0.1) is 5.69 Å². The third-order valence-electron chi connectivity index (χ3n) is 2.99. The zero-order valence-corrected chi connectivity index (χ0v) is 12.3. The number of anilines is 1. The number of nitrogens with one attached hydrogen (secondary N) is 1. The summed E-state index contributed by atoms with van der Waals surface area (Å²) in [5.74, 6) is 2.15. The lowest BCUT2D eigenvalue weighted by Crippen LogP contribution is -2.22. The Hall–Kier alpha value is -2.18. The zero-order chi connectivity index (χ0) is 14.7. The van der Waals surface area contributed by atoms with Gasteiger partial charge in [-0.3, -0.25) is 9.48 Å². The topological polar surface area (TPSA) is 77.6 Å². The first kappa shape index (κ1) is 14.2. The average molecular weight is 276 g/mol. The summed E-state index contributed by atoms with van der Waals surface area (Å²) in [4.78, 5) is 16.5. The third-order valence-corrected chi connectivity index (χ3v) is 2.99. The normalized spacial score (nSPS) is 10.8. The van der Waals surface area contributed by atoms with Crippen molar-refractivity contribution in [1.82, 2.24) is 24.5 Å². The van der Waals surface area contributed by atoms with Crippen molar-refractivity contribution >= 4 is 11.7 Å². The molecule has 0 unspecified atom stereocenters. The van der Waals surface area contributed by atoms with Gasteiger partial charge in [-0.25, -0.2) is 9.67 Å². The third kappa shape index (κ3) is 3.04. The molecule has 7 heteroatoms. The van der Waals surface area contributed by atoms with Crippen LogP contribution in [0.1, 0.15) is 31.2 Å². The van der Waals surface area contributed by atoms with E-state index in [2.05, 4.69) is 20.5 Å². The fourth-order valence-corrected chi connectivity index (χ4v) is 2.01. The van der Waals surface area contributed by atoms with Crippen molar-refractivity contribution in [2.45, 2.75) is 40.2 Å². The number of rotatable bonds is 5. The Labute approximate surface area is 118 Å². The van der Waals surface area contributed by atoms with E-state index >= 15 is 0 Å². The molecule has 108 valence electrons. The molecule has 0 atom stereocenters. The van der Waals surface area contributed by atoms with Crippen LogP contribution in [-0.2, 0) is 31.2 Å². The second-order valence-corrected chi connectivity index (χ2v) is 4.65. The number of carbonyl (C=O) groups is 1. The molecule has 0 spiro atoms. The van der Waals surface area contributed by atoms with Crippen LogP contribution >= 0.6 is 0 Å². The van der Waals surface area contributed by atoms with E-state index in [0.29, 0.717) is 5.82 Å². The highest BCUT2D eigenvalue weighted by molar-refractivity contribution is 5.89. The van der Waals surface area contributed by atoms with Crippen LogP contribution in [0.5, 0.6) is 0 Å². The zero-order valence-electron chi connectivity index (χ0n) is 12.3. The van der Waals surface area contributed by atoms with Crippen LogP contribution in [0.25, 0.3) is 0 Å². The molecule has 1 amide bonds. The average Bonchev–Trinajstić information content (AvgIpc) is 2.93. The molecule has 2 aromatic heterocycles. The van der Waals surface area contributed by atoms with Gasteiger partial charge in [-0.15, -0.1) is 0 Å². The van der Waals surface area contributed by atoms with Crippen molar-refractivity contribution in [2.24, 2.45) is 7.05 Å². The van der Waals surface area contributed by atoms with E-state index < -0.39 is 0 Å². The summed E-state index contributed by atoms with van der Waals surface area (Å²) in [7, 11) is 1.80. The van der Waals surface area contributed by atoms with Gasteiger partial charge < -0.3 is 5.32 Å². The second kappa shape index (κ2) is 5.85. The molecule has 0 radical (unpaired) electrons. The Bertz CT molecular complexity index is 612. The Kier molecular flexibility index (Phi) is 4.16. The minimum atomic E-state index is -0.129. The van der Waals surface area contributed by atoms with E-state index in [0.717, 1.165) is 30.2 Å². The lowest BCUT2D eigenvalue weighted by atomic mass is 10.4. The van der Waals surface area contributed by atoms with Crippen LogP contribution in [0.15, 0.2) is 6.07 Å². The quantitative estimate of drug-likeness (QED) is 0.886. The molecular formula is C13H20N6O. The van der Waals surface area contributed by atoms with Gasteiger partial charge in [0.25, 0.3) is 0 Å². The summed E-state index contributed by atoms with van der Waals surface area (Å²) >= 11 is 0. The predicted octanol–water partition coefficient (Wildman–Crippen LogP) is 1.08. The Morgan fingerprint density at radius 3 is 2.60 bits per heavy atom. The van der Waals surface area contributed by atoms with E-state index in [-0.39, 0.29) is 12.5 Å².